The fourth-order valence-corrected chi connectivity index (χ4v) is 3.87. The number of anilines is 3. The largest absolute Gasteiger partial charge is 0.350 e. The summed E-state index contributed by atoms with van der Waals surface area (Å²) in [5.41, 5.74) is 1.83. The number of hydrogen-bond acceptors (Lipinski definition) is 8. The van der Waals surface area contributed by atoms with E-state index in [1.807, 2.05) is 0 Å². The number of nitrogens with one attached hydrogen (secondary N) is 2. The van der Waals surface area contributed by atoms with Crippen molar-refractivity contribution in [3.8, 4) is 0 Å². The van der Waals surface area contributed by atoms with Gasteiger partial charge >= 0.3 is 0 Å². The molecule has 0 aliphatic heterocycles. The maximum atomic E-state index is 13.3. The molecule has 2 N–H and O–H groups in total. The van der Waals surface area contributed by atoms with E-state index < -0.39 is 5.91 Å². The Morgan fingerprint density at radius 1 is 1.06 bits per heavy atom. The second kappa shape index (κ2) is 9.63. The lowest BCUT2D eigenvalue weighted by Gasteiger charge is -2.21. The van der Waals surface area contributed by atoms with Crippen LogP contribution in [-0.2, 0) is 7.05 Å². The van der Waals surface area contributed by atoms with Crippen LogP contribution in [0.2, 0.25) is 0 Å². The Hall–Kier alpha value is -3.69. The second-order valence-electron chi connectivity index (χ2n) is 7.87. The number of aryl methyl sites for hydroxylation is 1. The van der Waals surface area contributed by atoms with E-state index in [2.05, 4.69) is 35.7 Å². The van der Waals surface area contributed by atoms with Crippen LogP contribution in [0.5, 0.6) is 0 Å². The van der Waals surface area contributed by atoms with Gasteiger partial charge in [-0.1, -0.05) is 26.2 Å². The molecule has 3 heterocycles. The lowest BCUT2D eigenvalue weighted by Crippen LogP contribution is -2.20. The van der Waals surface area contributed by atoms with Crippen molar-refractivity contribution in [1.29, 1.82) is 0 Å². The SMILES string of the molecule is CCC(=O)c1nn(C)cc1NC(=O)c1nc(C2CCCCC2)ncc1Nc1cncnc1. The summed E-state index contributed by atoms with van der Waals surface area (Å²) in [5, 5.41) is 10.1. The summed E-state index contributed by atoms with van der Waals surface area (Å²) < 4.78 is 1.51. The van der Waals surface area contributed by atoms with E-state index in [0.717, 1.165) is 25.7 Å². The Morgan fingerprint density at radius 3 is 2.53 bits per heavy atom. The van der Waals surface area contributed by atoms with Gasteiger partial charge in [0.1, 0.15) is 12.2 Å². The number of ketones is 1. The molecule has 1 aliphatic carbocycles. The van der Waals surface area contributed by atoms with Crippen LogP contribution >= 0.6 is 0 Å². The number of amides is 1. The quantitative estimate of drug-likeness (QED) is 0.540. The van der Waals surface area contributed by atoms with E-state index in [-0.39, 0.29) is 23.1 Å². The van der Waals surface area contributed by atoms with Crippen LogP contribution in [0.4, 0.5) is 17.1 Å². The van der Waals surface area contributed by atoms with Crippen molar-refractivity contribution in [3.05, 3.63) is 48.3 Å². The van der Waals surface area contributed by atoms with Crippen molar-refractivity contribution in [2.45, 2.75) is 51.4 Å². The van der Waals surface area contributed by atoms with E-state index in [1.165, 1.54) is 17.4 Å². The number of rotatable bonds is 7. The molecule has 1 aliphatic rings. The molecule has 4 rings (SSSR count). The van der Waals surface area contributed by atoms with E-state index >= 15 is 0 Å². The van der Waals surface area contributed by atoms with Crippen molar-refractivity contribution in [2.24, 2.45) is 7.05 Å². The highest BCUT2D eigenvalue weighted by Crippen LogP contribution is 2.32. The Morgan fingerprint density at radius 2 is 1.81 bits per heavy atom. The molecule has 166 valence electrons. The molecule has 1 fully saturated rings. The molecule has 0 saturated heterocycles. The third kappa shape index (κ3) is 4.79. The standard InChI is InChI=1S/C22H26N8O2/c1-3-18(31)19-17(12-30(2)29-19)27-22(32)20-16(26-15-9-23-13-24-10-15)11-25-21(28-20)14-7-5-4-6-8-14/h9-14,26H,3-8H2,1-2H3,(H,27,32). The molecule has 1 saturated carbocycles. The third-order valence-corrected chi connectivity index (χ3v) is 5.49. The van der Waals surface area contributed by atoms with Crippen LogP contribution < -0.4 is 10.6 Å². The zero-order valence-electron chi connectivity index (χ0n) is 18.2. The summed E-state index contributed by atoms with van der Waals surface area (Å²) in [4.78, 5) is 42.8. The maximum absolute atomic E-state index is 13.3. The van der Waals surface area contributed by atoms with Crippen LogP contribution in [0.3, 0.4) is 0 Å². The highest BCUT2D eigenvalue weighted by atomic mass is 16.2. The summed E-state index contributed by atoms with van der Waals surface area (Å²) >= 11 is 0. The van der Waals surface area contributed by atoms with Gasteiger partial charge in [-0.3, -0.25) is 14.3 Å². The van der Waals surface area contributed by atoms with Crippen LogP contribution in [0, 0.1) is 0 Å². The monoisotopic (exact) mass is 434 g/mol. The first kappa shape index (κ1) is 21.5. The molecular weight excluding hydrogens is 408 g/mol. The lowest BCUT2D eigenvalue weighted by atomic mass is 9.88. The van der Waals surface area contributed by atoms with Gasteiger partial charge in [0.15, 0.2) is 17.2 Å². The minimum absolute atomic E-state index is 0.147. The minimum atomic E-state index is -0.443. The number of carbonyl (C=O) groups is 2. The zero-order chi connectivity index (χ0) is 22.5. The first-order valence-corrected chi connectivity index (χ1v) is 10.8. The molecule has 0 bridgehead atoms. The lowest BCUT2D eigenvalue weighted by molar-refractivity contribution is 0.0983. The molecule has 32 heavy (non-hydrogen) atoms. The van der Waals surface area contributed by atoms with Crippen molar-refractivity contribution in [3.63, 3.8) is 0 Å². The normalized spacial score (nSPS) is 14.2. The van der Waals surface area contributed by atoms with Crippen molar-refractivity contribution < 1.29 is 9.59 Å². The molecular formula is C22H26N8O2. The summed E-state index contributed by atoms with van der Waals surface area (Å²) in [7, 11) is 1.70. The zero-order valence-corrected chi connectivity index (χ0v) is 18.2. The number of nitrogens with zero attached hydrogens (tertiary/aromatic N) is 6. The number of Topliss-reactive ketones (excluding diaryl/α,β-unsaturated/α-hetero) is 1. The Labute approximate surface area is 185 Å². The summed E-state index contributed by atoms with van der Waals surface area (Å²) in [6.45, 7) is 1.76. The van der Waals surface area contributed by atoms with E-state index in [4.69, 9.17) is 0 Å². The van der Waals surface area contributed by atoms with Gasteiger partial charge in [-0.25, -0.2) is 19.9 Å². The van der Waals surface area contributed by atoms with Crippen molar-refractivity contribution in [1.82, 2.24) is 29.7 Å². The van der Waals surface area contributed by atoms with E-state index in [9.17, 15) is 9.59 Å². The minimum Gasteiger partial charge on any atom is -0.350 e. The Bertz CT molecular complexity index is 1110. The van der Waals surface area contributed by atoms with E-state index in [1.54, 1.807) is 38.8 Å². The van der Waals surface area contributed by atoms with Gasteiger partial charge in [-0.2, -0.15) is 5.10 Å². The van der Waals surface area contributed by atoms with Crippen molar-refractivity contribution >= 4 is 28.8 Å². The predicted molar refractivity (Wildman–Crippen MR) is 119 cm³/mol. The van der Waals surface area contributed by atoms with Gasteiger partial charge in [0.25, 0.3) is 5.91 Å². The van der Waals surface area contributed by atoms with Crippen LogP contribution in [0.15, 0.2) is 31.1 Å². The van der Waals surface area contributed by atoms with Crippen LogP contribution in [0.25, 0.3) is 0 Å². The molecule has 3 aromatic heterocycles. The molecule has 0 aromatic carbocycles. The topological polar surface area (TPSA) is 128 Å². The fraction of sp³-hybridized carbons (Fsp3) is 0.409. The molecule has 1 amide bonds. The highest BCUT2D eigenvalue weighted by Gasteiger charge is 2.24. The van der Waals surface area contributed by atoms with E-state index in [0.29, 0.717) is 29.3 Å². The molecule has 0 spiro atoms. The smallest absolute Gasteiger partial charge is 0.276 e. The van der Waals surface area contributed by atoms with Gasteiger partial charge in [0.2, 0.25) is 0 Å². The van der Waals surface area contributed by atoms with Crippen LogP contribution in [-0.4, -0.2) is 41.4 Å². The molecule has 0 radical (unpaired) electrons. The summed E-state index contributed by atoms with van der Waals surface area (Å²) in [6.07, 6.45) is 13.7. The number of hydrogen-bond donors (Lipinski definition) is 2. The maximum Gasteiger partial charge on any atom is 0.276 e. The van der Waals surface area contributed by atoms with Gasteiger partial charge in [-0.05, 0) is 12.8 Å². The summed E-state index contributed by atoms with van der Waals surface area (Å²) in [6, 6.07) is 0. The average Bonchev–Trinajstić information content (AvgIpc) is 3.19. The molecule has 10 heteroatoms. The van der Waals surface area contributed by atoms with Gasteiger partial charge in [0, 0.05) is 25.6 Å². The van der Waals surface area contributed by atoms with Gasteiger partial charge in [-0.15, -0.1) is 0 Å². The summed E-state index contributed by atoms with van der Waals surface area (Å²) in [5.74, 6) is 0.314. The molecule has 3 aromatic rings. The first-order chi connectivity index (χ1) is 15.5. The highest BCUT2D eigenvalue weighted by molar-refractivity contribution is 6.10. The predicted octanol–water partition coefficient (Wildman–Crippen LogP) is 3.64. The van der Waals surface area contributed by atoms with Crippen molar-refractivity contribution in [2.75, 3.05) is 10.6 Å². The Balaban J connectivity index is 1.67. The molecule has 0 unspecified atom stereocenters. The third-order valence-electron chi connectivity index (χ3n) is 5.49. The second-order valence-corrected chi connectivity index (χ2v) is 7.87. The fourth-order valence-electron chi connectivity index (χ4n) is 3.87. The van der Waals surface area contributed by atoms with Crippen LogP contribution in [0.1, 0.15) is 78.2 Å². The van der Waals surface area contributed by atoms with Gasteiger partial charge < -0.3 is 10.6 Å². The number of carbonyl (C=O) groups excluding carboxylic acids is 2. The van der Waals surface area contributed by atoms with Gasteiger partial charge in [0.05, 0.1) is 35.7 Å². The number of aromatic nitrogens is 6. The average molecular weight is 435 g/mol. The molecule has 0 atom stereocenters. The first-order valence-electron chi connectivity index (χ1n) is 10.8. The Kier molecular flexibility index (Phi) is 6.48. The molecule has 10 nitrogen and oxygen atoms in total.